The Labute approximate surface area is 51.4 Å². The number of carbonyl (C=O) groups is 1. The molecule has 0 bridgehead atoms. The predicted molar refractivity (Wildman–Crippen MR) is 24.8 cm³/mol. The van der Waals surface area contributed by atoms with Crippen molar-refractivity contribution in [3.8, 4) is 0 Å². The van der Waals surface area contributed by atoms with Crippen molar-refractivity contribution in [3.63, 3.8) is 0 Å². The third kappa shape index (κ3) is 2.33. The van der Waals surface area contributed by atoms with E-state index >= 15 is 0 Å². The van der Waals surface area contributed by atoms with Gasteiger partial charge in [0.2, 0.25) is 0 Å². The average Bonchev–Trinajstić information content (AvgIpc) is 1.65. The first kappa shape index (κ1) is 6.08. The predicted octanol–water partition coefficient (Wildman–Crippen LogP) is -0.736. The van der Waals surface area contributed by atoms with Crippen LogP contribution in [0.1, 0.15) is 0 Å². The Balaban J connectivity index is 3.23. The van der Waals surface area contributed by atoms with E-state index < -0.39 is 0 Å². The molecular formula is C3H5InO2. The molecule has 0 radical (unpaired) electrons. The van der Waals surface area contributed by atoms with Gasteiger partial charge in [0.05, 0.1) is 0 Å². The molecule has 0 aliphatic heterocycles. The van der Waals surface area contributed by atoms with Crippen LogP contribution in [0.2, 0.25) is 0 Å². The fraction of sp³-hybridized carbons (Fsp3) is 0. The van der Waals surface area contributed by atoms with Crippen molar-refractivity contribution in [2.75, 3.05) is 0 Å². The molecule has 0 saturated carbocycles. The molecule has 0 unspecified atom stereocenters. The van der Waals surface area contributed by atoms with Crippen molar-refractivity contribution in [3.05, 3.63) is 12.7 Å². The maximum absolute atomic E-state index is 9.89. The topological polar surface area (TPSA) is 26.3 Å². The Kier molecular flexibility index (Phi) is 3.32. The van der Waals surface area contributed by atoms with Crippen LogP contribution >= 0.6 is 0 Å². The first-order chi connectivity index (χ1) is 2.81. The monoisotopic (exact) mass is 188 g/mol. The molecule has 0 N–H and O–H groups in total. The number of hydrogen-bond donors (Lipinski definition) is 0. The van der Waals surface area contributed by atoms with Crippen molar-refractivity contribution in [1.82, 2.24) is 0 Å². The van der Waals surface area contributed by atoms with Crippen LogP contribution in [-0.2, 0) is 7.65 Å². The van der Waals surface area contributed by atoms with Crippen molar-refractivity contribution >= 4 is 30.8 Å². The van der Waals surface area contributed by atoms with Gasteiger partial charge in [0.15, 0.2) is 0 Å². The molecule has 0 aromatic heterocycles. The Hall–Kier alpha value is 0.0801. The van der Waals surface area contributed by atoms with Crippen LogP contribution in [0, 0.1) is 0 Å². The second kappa shape index (κ2) is 3.28. The molecule has 0 spiro atoms. The molecule has 0 aromatic rings. The summed E-state index contributed by atoms with van der Waals surface area (Å²) in [5.74, 6) is -0.300. The van der Waals surface area contributed by atoms with Gasteiger partial charge in [0.1, 0.15) is 0 Å². The molecule has 0 aliphatic rings. The minimum absolute atomic E-state index is 0.0276. The summed E-state index contributed by atoms with van der Waals surface area (Å²) in [6, 6.07) is 0. The van der Waals surface area contributed by atoms with Crippen molar-refractivity contribution < 1.29 is 7.65 Å². The molecule has 0 atom stereocenters. The Bertz CT molecular complexity index is 69.2. The molecule has 0 fully saturated rings. The van der Waals surface area contributed by atoms with Gasteiger partial charge >= 0.3 is 51.1 Å². The Morgan fingerprint density at radius 3 is 2.50 bits per heavy atom. The van der Waals surface area contributed by atoms with Gasteiger partial charge in [-0.3, -0.25) is 0 Å². The number of rotatable bonds is 1. The van der Waals surface area contributed by atoms with E-state index in [1.807, 2.05) is 0 Å². The van der Waals surface area contributed by atoms with E-state index in [1.54, 1.807) is 0 Å². The Morgan fingerprint density at radius 1 is 2.00 bits per heavy atom. The molecule has 3 heteroatoms. The van der Waals surface area contributed by atoms with Crippen molar-refractivity contribution in [2.45, 2.75) is 0 Å². The molecule has 0 amide bonds. The molecule has 0 heterocycles. The summed E-state index contributed by atoms with van der Waals surface area (Å²) >= 11 is 0.0276. The van der Waals surface area contributed by atoms with Gasteiger partial charge in [-0.2, -0.15) is 0 Å². The van der Waals surface area contributed by atoms with Gasteiger partial charge in [-0.1, -0.05) is 0 Å². The fourth-order valence-electron chi connectivity index (χ4n) is 0.0833. The molecule has 0 aliphatic carbocycles. The molecule has 6 heavy (non-hydrogen) atoms. The average molecular weight is 188 g/mol. The third-order valence-corrected chi connectivity index (χ3v) is 1.52. The Morgan fingerprint density at radius 2 is 2.50 bits per heavy atom. The summed E-state index contributed by atoms with van der Waals surface area (Å²) in [6.07, 6.45) is 1.16. The van der Waals surface area contributed by atoms with Gasteiger partial charge in [0.25, 0.3) is 0 Å². The van der Waals surface area contributed by atoms with E-state index in [1.165, 1.54) is 0 Å². The maximum atomic E-state index is 9.89. The summed E-state index contributed by atoms with van der Waals surface area (Å²) in [4.78, 5) is 9.89. The van der Waals surface area contributed by atoms with Crippen LogP contribution in [0.4, 0.5) is 0 Å². The van der Waals surface area contributed by atoms with Crippen LogP contribution in [0.5, 0.6) is 0 Å². The summed E-state index contributed by atoms with van der Waals surface area (Å²) in [7, 11) is 0. The van der Waals surface area contributed by atoms with Crippen LogP contribution in [0.3, 0.4) is 0 Å². The quantitative estimate of drug-likeness (QED) is 0.506. The van der Waals surface area contributed by atoms with Crippen LogP contribution in [-0.4, -0.2) is 30.8 Å². The third-order valence-electron chi connectivity index (χ3n) is 0.368. The summed E-state index contributed by atoms with van der Waals surface area (Å²) in [5, 5.41) is 0. The zero-order valence-corrected chi connectivity index (χ0v) is 9.31. The minimum atomic E-state index is -0.300. The van der Waals surface area contributed by atoms with E-state index in [0.717, 1.165) is 6.08 Å². The zero-order chi connectivity index (χ0) is 4.99. The van der Waals surface area contributed by atoms with Crippen molar-refractivity contribution in [2.24, 2.45) is 0 Å². The first-order valence-electron chi connectivity index (χ1n) is 1.51. The molecule has 0 saturated heterocycles. The summed E-state index contributed by atoms with van der Waals surface area (Å²) < 4.78 is 4.35. The van der Waals surface area contributed by atoms with Gasteiger partial charge in [0, 0.05) is 0 Å². The van der Waals surface area contributed by atoms with Crippen molar-refractivity contribution in [1.29, 1.82) is 0 Å². The van der Waals surface area contributed by atoms with Crippen LogP contribution in [0.15, 0.2) is 12.7 Å². The van der Waals surface area contributed by atoms with E-state index in [4.69, 9.17) is 0 Å². The molecular weight excluding hydrogens is 183 g/mol. The summed E-state index contributed by atoms with van der Waals surface area (Å²) in [5.41, 5.74) is 0. The molecule has 0 aromatic carbocycles. The van der Waals surface area contributed by atoms with Gasteiger partial charge in [-0.05, 0) is 0 Å². The SMILES string of the molecule is C=CC(=O)[O][InH2]. The second-order valence-electron chi connectivity index (χ2n) is 0.727. The van der Waals surface area contributed by atoms with E-state index in [2.05, 4.69) is 9.43 Å². The van der Waals surface area contributed by atoms with Crippen LogP contribution in [0.25, 0.3) is 0 Å². The molecule has 0 rings (SSSR count). The van der Waals surface area contributed by atoms with Crippen LogP contribution < -0.4 is 0 Å². The van der Waals surface area contributed by atoms with Gasteiger partial charge < -0.3 is 0 Å². The standard InChI is InChI=1S/C3H4O2.In.2H/c1-2-3(4)5;;;/h2H,1H2,(H,4,5);;;/q;+1;;/p-1. The summed E-state index contributed by atoms with van der Waals surface area (Å²) in [6.45, 7) is 3.19. The van der Waals surface area contributed by atoms with E-state index in [9.17, 15) is 4.79 Å². The number of carbonyl (C=O) groups excluding carboxylic acids is 1. The second-order valence-corrected chi connectivity index (χ2v) is 1.89. The van der Waals surface area contributed by atoms with Gasteiger partial charge in [-0.25, -0.2) is 0 Å². The normalized spacial score (nSPS) is 6.67. The van der Waals surface area contributed by atoms with Gasteiger partial charge in [-0.15, -0.1) is 0 Å². The molecule has 32 valence electrons. The first-order valence-corrected chi connectivity index (χ1v) is 3.84. The zero-order valence-electron chi connectivity index (χ0n) is 3.60. The number of hydrogen-bond acceptors (Lipinski definition) is 2. The fourth-order valence-corrected chi connectivity index (χ4v) is 0.559. The van der Waals surface area contributed by atoms with E-state index in [0.29, 0.717) is 0 Å². The molecule has 2 nitrogen and oxygen atoms in total. The van der Waals surface area contributed by atoms with E-state index in [-0.39, 0.29) is 30.8 Å².